The van der Waals surface area contributed by atoms with Crippen molar-refractivity contribution in [2.45, 2.75) is 0 Å². The number of nitrogens with zero attached hydrogens (tertiary/aromatic N) is 1. The Morgan fingerprint density at radius 2 is 2.25 bits per heavy atom. The summed E-state index contributed by atoms with van der Waals surface area (Å²) in [6.07, 6.45) is 0. The van der Waals surface area contributed by atoms with Crippen molar-refractivity contribution >= 4 is 28.4 Å². The summed E-state index contributed by atoms with van der Waals surface area (Å²) >= 11 is 10.8. The lowest BCUT2D eigenvalue weighted by atomic mass is 10.3. The summed E-state index contributed by atoms with van der Waals surface area (Å²) in [7, 11) is 1.39. The summed E-state index contributed by atoms with van der Waals surface area (Å²) in [5.74, 6) is 0.141. The molecule has 0 bridgehead atoms. The molecule has 0 aliphatic heterocycles. The Morgan fingerprint density at radius 3 is 2.75 bits per heavy atom. The molecule has 0 unspecified atom stereocenters. The number of methoxy groups -OCH3 is 1. The Bertz CT molecular complexity index is 314. The van der Waals surface area contributed by atoms with Crippen LogP contribution in [0.2, 0.25) is 5.15 Å². The average Bonchev–Trinajstić information content (AvgIpc) is 2.03. The van der Waals surface area contributed by atoms with Gasteiger partial charge in [0, 0.05) is 0 Å². The average molecular weight is 206 g/mol. The lowest BCUT2D eigenvalue weighted by molar-refractivity contribution is 0.107. The largest absolute Gasteiger partial charge is 0.480 e. The fourth-order valence-electron chi connectivity index (χ4n) is 0.723. The zero-order valence-electron chi connectivity index (χ0n) is 6.17. The van der Waals surface area contributed by atoms with Crippen LogP contribution in [0, 0.1) is 0 Å². The minimum absolute atomic E-state index is 0.141. The van der Waals surface area contributed by atoms with Crippen LogP contribution in [-0.2, 0) is 0 Å². The molecular formula is C7H5Cl2NO2. The maximum absolute atomic E-state index is 10.7. The SMILES string of the molecule is COc1nc(Cl)ccc1C(=O)Cl. The van der Waals surface area contributed by atoms with Crippen molar-refractivity contribution in [2.75, 3.05) is 7.11 Å². The van der Waals surface area contributed by atoms with Crippen LogP contribution in [0.3, 0.4) is 0 Å². The van der Waals surface area contributed by atoms with E-state index >= 15 is 0 Å². The van der Waals surface area contributed by atoms with Crippen molar-refractivity contribution in [3.05, 3.63) is 22.8 Å². The number of hydrogen-bond donors (Lipinski definition) is 0. The second-order valence-electron chi connectivity index (χ2n) is 1.96. The van der Waals surface area contributed by atoms with Crippen molar-refractivity contribution in [1.82, 2.24) is 4.98 Å². The lowest BCUT2D eigenvalue weighted by Gasteiger charge is -2.02. The van der Waals surface area contributed by atoms with Crippen LogP contribution in [0.1, 0.15) is 10.4 Å². The zero-order valence-corrected chi connectivity index (χ0v) is 7.69. The summed E-state index contributed by atoms with van der Waals surface area (Å²) in [6, 6.07) is 2.93. The molecule has 0 amide bonds. The molecule has 64 valence electrons. The fourth-order valence-corrected chi connectivity index (χ4v) is 1.01. The quantitative estimate of drug-likeness (QED) is 0.549. The predicted octanol–water partition coefficient (Wildman–Crippen LogP) is 2.12. The number of aromatic nitrogens is 1. The van der Waals surface area contributed by atoms with Gasteiger partial charge >= 0.3 is 0 Å². The van der Waals surface area contributed by atoms with E-state index in [-0.39, 0.29) is 16.6 Å². The summed E-state index contributed by atoms with van der Waals surface area (Å²) in [5, 5.41) is -0.357. The molecule has 3 nitrogen and oxygen atoms in total. The molecule has 1 heterocycles. The highest BCUT2D eigenvalue weighted by molar-refractivity contribution is 6.68. The molecule has 0 aromatic carbocycles. The smallest absolute Gasteiger partial charge is 0.257 e. The summed E-state index contributed by atoms with van der Waals surface area (Å²) in [4.78, 5) is 14.5. The van der Waals surface area contributed by atoms with Gasteiger partial charge in [-0.15, -0.1) is 0 Å². The minimum Gasteiger partial charge on any atom is -0.480 e. The minimum atomic E-state index is -0.615. The third-order valence-electron chi connectivity index (χ3n) is 1.23. The maximum Gasteiger partial charge on any atom is 0.257 e. The van der Waals surface area contributed by atoms with Crippen LogP contribution in [0.5, 0.6) is 5.88 Å². The molecule has 0 N–H and O–H groups in total. The molecule has 0 radical (unpaired) electrons. The first-order valence-corrected chi connectivity index (χ1v) is 3.81. The Morgan fingerprint density at radius 1 is 1.58 bits per heavy atom. The van der Waals surface area contributed by atoms with Crippen molar-refractivity contribution < 1.29 is 9.53 Å². The van der Waals surface area contributed by atoms with Crippen molar-refractivity contribution in [1.29, 1.82) is 0 Å². The van der Waals surface area contributed by atoms with E-state index in [1.165, 1.54) is 19.2 Å². The molecule has 0 aliphatic carbocycles. The Balaban J connectivity index is 3.20. The van der Waals surface area contributed by atoms with E-state index in [1.54, 1.807) is 0 Å². The highest BCUT2D eigenvalue weighted by Gasteiger charge is 2.10. The number of carbonyl (C=O) groups is 1. The molecule has 0 atom stereocenters. The second kappa shape index (κ2) is 3.74. The van der Waals surface area contributed by atoms with Gasteiger partial charge in [-0.25, -0.2) is 4.98 Å². The highest BCUT2D eigenvalue weighted by Crippen LogP contribution is 2.19. The number of carbonyl (C=O) groups excluding carboxylic acids is 1. The van der Waals surface area contributed by atoms with Crippen molar-refractivity contribution in [2.24, 2.45) is 0 Å². The van der Waals surface area contributed by atoms with Gasteiger partial charge in [0.25, 0.3) is 5.24 Å². The number of rotatable bonds is 2. The molecular weight excluding hydrogens is 201 g/mol. The molecule has 1 aromatic heterocycles. The normalized spacial score (nSPS) is 9.58. The Hall–Kier alpha value is -0.800. The van der Waals surface area contributed by atoms with Crippen LogP contribution in [0.4, 0.5) is 0 Å². The number of halogens is 2. The van der Waals surface area contributed by atoms with E-state index in [0.29, 0.717) is 0 Å². The van der Waals surface area contributed by atoms with Gasteiger partial charge in [0.15, 0.2) is 0 Å². The Kier molecular flexibility index (Phi) is 2.89. The first-order valence-electron chi connectivity index (χ1n) is 3.05. The number of ether oxygens (including phenoxy) is 1. The number of pyridine rings is 1. The van der Waals surface area contributed by atoms with E-state index in [0.717, 1.165) is 0 Å². The van der Waals surface area contributed by atoms with Gasteiger partial charge in [-0.05, 0) is 23.7 Å². The van der Waals surface area contributed by atoms with E-state index < -0.39 is 5.24 Å². The molecule has 1 rings (SSSR count). The van der Waals surface area contributed by atoms with E-state index in [9.17, 15) is 4.79 Å². The van der Waals surface area contributed by atoms with Crippen molar-refractivity contribution in [3.8, 4) is 5.88 Å². The molecule has 0 saturated carbocycles. The van der Waals surface area contributed by atoms with Crippen LogP contribution in [0.15, 0.2) is 12.1 Å². The van der Waals surface area contributed by atoms with Gasteiger partial charge in [-0.3, -0.25) is 4.79 Å². The zero-order chi connectivity index (χ0) is 9.14. The topological polar surface area (TPSA) is 39.2 Å². The summed E-state index contributed by atoms with van der Waals surface area (Å²) in [6.45, 7) is 0. The van der Waals surface area contributed by atoms with Gasteiger partial charge in [0.1, 0.15) is 5.15 Å². The van der Waals surface area contributed by atoms with Crippen LogP contribution < -0.4 is 4.74 Å². The highest BCUT2D eigenvalue weighted by atomic mass is 35.5. The molecule has 0 saturated heterocycles. The molecule has 0 spiro atoms. The van der Waals surface area contributed by atoms with Gasteiger partial charge in [-0.1, -0.05) is 11.6 Å². The molecule has 0 fully saturated rings. The fraction of sp³-hybridized carbons (Fsp3) is 0.143. The second-order valence-corrected chi connectivity index (χ2v) is 2.70. The Labute approximate surface area is 79.3 Å². The molecule has 12 heavy (non-hydrogen) atoms. The van der Waals surface area contributed by atoms with Crippen molar-refractivity contribution in [3.63, 3.8) is 0 Å². The predicted molar refractivity (Wildman–Crippen MR) is 46.0 cm³/mol. The van der Waals surface area contributed by atoms with E-state index in [4.69, 9.17) is 27.9 Å². The van der Waals surface area contributed by atoms with Crippen LogP contribution >= 0.6 is 23.2 Å². The summed E-state index contributed by atoms with van der Waals surface area (Å²) in [5.41, 5.74) is 0.212. The van der Waals surface area contributed by atoms with Crippen LogP contribution in [0.25, 0.3) is 0 Å². The first-order chi connectivity index (χ1) is 5.65. The van der Waals surface area contributed by atoms with Crippen LogP contribution in [-0.4, -0.2) is 17.3 Å². The third kappa shape index (κ3) is 1.87. The lowest BCUT2D eigenvalue weighted by Crippen LogP contribution is -1.97. The van der Waals surface area contributed by atoms with Gasteiger partial charge in [-0.2, -0.15) is 0 Å². The van der Waals surface area contributed by atoms with Gasteiger partial charge in [0.05, 0.1) is 12.7 Å². The van der Waals surface area contributed by atoms with Gasteiger partial charge < -0.3 is 4.74 Å². The first kappa shape index (κ1) is 9.29. The molecule has 1 aromatic rings. The molecule has 5 heteroatoms. The maximum atomic E-state index is 10.7. The summed E-state index contributed by atoms with van der Waals surface area (Å²) < 4.78 is 4.79. The monoisotopic (exact) mass is 205 g/mol. The number of hydrogen-bond acceptors (Lipinski definition) is 3. The van der Waals surface area contributed by atoms with E-state index in [1.807, 2.05) is 0 Å². The standard InChI is InChI=1S/C7H5Cl2NO2/c1-12-7-4(6(9)11)2-3-5(8)10-7/h2-3H,1H3. The third-order valence-corrected chi connectivity index (χ3v) is 1.65. The molecule has 0 aliphatic rings. The van der Waals surface area contributed by atoms with E-state index in [2.05, 4.69) is 4.98 Å². The van der Waals surface area contributed by atoms with Gasteiger partial charge in [0.2, 0.25) is 5.88 Å².